The van der Waals surface area contributed by atoms with Gasteiger partial charge in [-0.05, 0) is 18.8 Å². The van der Waals surface area contributed by atoms with Crippen LogP contribution in [-0.2, 0) is 9.53 Å². The number of nitrogens with zero attached hydrogens (tertiary/aromatic N) is 1. The summed E-state index contributed by atoms with van der Waals surface area (Å²) in [5, 5.41) is 11.9. The predicted molar refractivity (Wildman–Crippen MR) is 77.7 cm³/mol. The lowest BCUT2D eigenvalue weighted by Gasteiger charge is -2.33. The van der Waals surface area contributed by atoms with Crippen molar-refractivity contribution in [3.63, 3.8) is 0 Å². The van der Waals surface area contributed by atoms with E-state index in [9.17, 15) is 14.7 Å². The summed E-state index contributed by atoms with van der Waals surface area (Å²) in [5.74, 6) is -1.03. The van der Waals surface area contributed by atoms with Crippen molar-refractivity contribution in [2.45, 2.75) is 53.1 Å². The fourth-order valence-electron chi connectivity index (χ4n) is 1.79. The van der Waals surface area contributed by atoms with Crippen molar-refractivity contribution in [2.24, 2.45) is 5.41 Å². The molecule has 2 N–H and O–H groups in total. The molecule has 0 aromatic heterocycles. The van der Waals surface area contributed by atoms with Gasteiger partial charge in [0.1, 0.15) is 6.04 Å². The summed E-state index contributed by atoms with van der Waals surface area (Å²) in [6.45, 7) is 10.1. The third kappa shape index (κ3) is 5.77. The Balaban J connectivity index is 4.92. The van der Waals surface area contributed by atoms with Crippen molar-refractivity contribution in [3.8, 4) is 0 Å². The van der Waals surface area contributed by atoms with E-state index in [1.807, 2.05) is 13.8 Å². The van der Waals surface area contributed by atoms with E-state index in [1.165, 1.54) is 0 Å². The Bertz CT molecular complexity index is 326. The van der Waals surface area contributed by atoms with Gasteiger partial charge in [0.2, 0.25) is 0 Å². The van der Waals surface area contributed by atoms with Gasteiger partial charge in [-0.3, -0.25) is 0 Å². The zero-order chi connectivity index (χ0) is 15.9. The molecule has 0 aromatic carbocycles. The zero-order valence-corrected chi connectivity index (χ0v) is 13.4. The third-order valence-corrected chi connectivity index (χ3v) is 3.30. The number of nitrogens with one attached hydrogen (secondary N) is 1. The Morgan fingerprint density at radius 3 is 2.25 bits per heavy atom. The molecule has 0 aromatic rings. The molecule has 2 atom stereocenters. The Morgan fingerprint density at radius 2 is 1.90 bits per heavy atom. The first kappa shape index (κ1) is 18.7. The molecule has 2 amide bonds. The van der Waals surface area contributed by atoms with Crippen molar-refractivity contribution >= 4 is 12.0 Å². The first-order chi connectivity index (χ1) is 9.15. The van der Waals surface area contributed by atoms with Crippen molar-refractivity contribution in [3.05, 3.63) is 0 Å². The van der Waals surface area contributed by atoms with E-state index < -0.39 is 17.4 Å². The minimum absolute atomic E-state index is 0.0274. The van der Waals surface area contributed by atoms with Crippen LogP contribution in [0.25, 0.3) is 0 Å². The normalized spacial score (nSPS) is 14.5. The number of carboxylic acids is 1. The van der Waals surface area contributed by atoms with E-state index in [1.54, 1.807) is 32.8 Å². The molecular weight excluding hydrogens is 260 g/mol. The minimum Gasteiger partial charge on any atom is -0.480 e. The Kier molecular flexibility index (Phi) is 7.57. The summed E-state index contributed by atoms with van der Waals surface area (Å²) in [6.07, 6.45) is 0.796. The number of hydrogen-bond acceptors (Lipinski definition) is 3. The van der Waals surface area contributed by atoms with Crippen LogP contribution in [0.3, 0.4) is 0 Å². The van der Waals surface area contributed by atoms with Gasteiger partial charge in [0.05, 0.1) is 6.61 Å². The van der Waals surface area contributed by atoms with E-state index in [0.717, 1.165) is 6.42 Å². The number of carboxylic acid groups (broad SMARTS) is 1. The van der Waals surface area contributed by atoms with Crippen LogP contribution in [0, 0.1) is 5.41 Å². The lowest BCUT2D eigenvalue weighted by atomic mass is 9.87. The van der Waals surface area contributed by atoms with Gasteiger partial charge in [-0.1, -0.05) is 27.7 Å². The molecule has 20 heavy (non-hydrogen) atoms. The second-order valence-corrected chi connectivity index (χ2v) is 6.03. The molecule has 0 rings (SSSR count). The molecule has 6 nitrogen and oxygen atoms in total. The molecule has 118 valence electrons. The van der Waals surface area contributed by atoms with Crippen LogP contribution in [0.4, 0.5) is 4.79 Å². The molecule has 6 heteroatoms. The summed E-state index contributed by atoms with van der Waals surface area (Å²) in [4.78, 5) is 25.2. The van der Waals surface area contributed by atoms with E-state index in [2.05, 4.69) is 5.32 Å². The van der Waals surface area contributed by atoms with Gasteiger partial charge in [-0.2, -0.15) is 0 Å². The van der Waals surface area contributed by atoms with Crippen molar-refractivity contribution in [1.29, 1.82) is 0 Å². The number of hydrogen-bond donors (Lipinski definition) is 2. The van der Waals surface area contributed by atoms with Crippen LogP contribution in [0.5, 0.6) is 0 Å². The highest BCUT2D eigenvalue weighted by Crippen LogP contribution is 2.20. The number of ether oxygens (including phenoxy) is 1. The quantitative estimate of drug-likeness (QED) is 0.750. The first-order valence-electron chi connectivity index (χ1n) is 6.94. The van der Waals surface area contributed by atoms with Gasteiger partial charge >= 0.3 is 12.0 Å². The van der Waals surface area contributed by atoms with E-state index in [0.29, 0.717) is 13.2 Å². The summed E-state index contributed by atoms with van der Waals surface area (Å²) >= 11 is 0. The highest BCUT2D eigenvalue weighted by atomic mass is 16.5. The number of urea groups is 1. The van der Waals surface area contributed by atoms with Crippen LogP contribution in [0.2, 0.25) is 0 Å². The van der Waals surface area contributed by atoms with Gasteiger partial charge in [0.25, 0.3) is 0 Å². The molecule has 0 fully saturated rings. The maximum atomic E-state index is 12.3. The maximum absolute atomic E-state index is 12.3. The smallest absolute Gasteiger partial charge is 0.326 e. The summed E-state index contributed by atoms with van der Waals surface area (Å²) in [5.41, 5.74) is -0.552. The summed E-state index contributed by atoms with van der Waals surface area (Å²) in [7, 11) is 1.57. The fourth-order valence-corrected chi connectivity index (χ4v) is 1.79. The van der Waals surface area contributed by atoms with Crippen molar-refractivity contribution < 1.29 is 19.4 Å². The highest BCUT2D eigenvalue weighted by molar-refractivity contribution is 5.83. The second kappa shape index (κ2) is 8.09. The number of rotatable bonds is 7. The van der Waals surface area contributed by atoms with Crippen LogP contribution in [0.15, 0.2) is 0 Å². The highest BCUT2D eigenvalue weighted by Gasteiger charge is 2.34. The summed E-state index contributed by atoms with van der Waals surface area (Å²) in [6, 6.07) is -1.26. The van der Waals surface area contributed by atoms with E-state index >= 15 is 0 Å². The summed E-state index contributed by atoms with van der Waals surface area (Å²) < 4.78 is 5.00. The minimum atomic E-state index is -1.03. The number of amides is 2. The van der Waals surface area contributed by atoms with Gasteiger partial charge in [0.15, 0.2) is 0 Å². The van der Waals surface area contributed by atoms with Gasteiger partial charge in [-0.25, -0.2) is 9.59 Å². The number of carbonyl (C=O) groups excluding carboxylic acids is 1. The van der Waals surface area contributed by atoms with E-state index in [4.69, 9.17) is 4.74 Å². The van der Waals surface area contributed by atoms with E-state index in [-0.39, 0.29) is 12.1 Å². The average molecular weight is 288 g/mol. The monoisotopic (exact) mass is 288 g/mol. The number of aliphatic carboxylic acids is 1. The van der Waals surface area contributed by atoms with Crippen molar-refractivity contribution in [1.82, 2.24) is 10.2 Å². The van der Waals surface area contributed by atoms with Crippen molar-refractivity contribution in [2.75, 3.05) is 20.3 Å². The van der Waals surface area contributed by atoms with Gasteiger partial charge in [0, 0.05) is 19.7 Å². The largest absolute Gasteiger partial charge is 0.480 e. The standard InChI is InChI=1S/C14H28N2O4/c1-7-10(2)16(8-9-20-6)13(19)15-11(12(17)18)14(3,4)5/h10-11H,7-9H2,1-6H3,(H,15,19)(H,17,18)/t10?,11-/m1/s1. The lowest BCUT2D eigenvalue weighted by Crippen LogP contribution is -2.55. The molecule has 0 heterocycles. The molecule has 0 saturated carbocycles. The SMILES string of the molecule is CCC(C)N(CCOC)C(=O)N[C@H](C(=O)O)C(C)(C)C. The third-order valence-electron chi connectivity index (χ3n) is 3.30. The van der Waals surface area contributed by atoms with Crippen LogP contribution < -0.4 is 5.32 Å². The topological polar surface area (TPSA) is 78.9 Å². The average Bonchev–Trinajstić information content (AvgIpc) is 2.34. The van der Waals surface area contributed by atoms with Gasteiger partial charge < -0.3 is 20.1 Å². The molecule has 0 aliphatic carbocycles. The molecule has 0 saturated heterocycles. The Morgan fingerprint density at radius 1 is 1.35 bits per heavy atom. The number of carbonyl (C=O) groups is 2. The lowest BCUT2D eigenvalue weighted by molar-refractivity contribution is -0.142. The maximum Gasteiger partial charge on any atom is 0.326 e. The predicted octanol–water partition coefficient (Wildman–Crippen LogP) is 1.94. The first-order valence-corrected chi connectivity index (χ1v) is 6.94. The molecule has 0 bridgehead atoms. The van der Waals surface area contributed by atoms with Gasteiger partial charge in [-0.15, -0.1) is 0 Å². The molecule has 0 radical (unpaired) electrons. The molecule has 0 aliphatic rings. The molecular formula is C14H28N2O4. The van der Waals surface area contributed by atoms with Crippen LogP contribution in [-0.4, -0.2) is 54.4 Å². The Hall–Kier alpha value is -1.30. The second-order valence-electron chi connectivity index (χ2n) is 6.03. The fraction of sp³-hybridized carbons (Fsp3) is 0.857. The molecule has 1 unspecified atom stereocenters. The molecule has 0 spiro atoms. The molecule has 0 aliphatic heterocycles. The Labute approximate surface area is 121 Å². The number of methoxy groups -OCH3 is 1. The van der Waals surface area contributed by atoms with Crippen LogP contribution >= 0.6 is 0 Å². The van der Waals surface area contributed by atoms with Crippen LogP contribution in [0.1, 0.15) is 41.0 Å². The zero-order valence-electron chi connectivity index (χ0n) is 13.4.